The van der Waals surface area contributed by atoms with Crippen molar-refractivity contribution in [1.29, 1.82) is 0 Å². The van der Waals surface area contributed by atoms with Crippen molar-refractivity contribution in [1.82, 2.24) is 34.6 Å². The number of aromatic nitrogens is 3. The van der Waals surface area contributed by atoms with Crippen molar-refractivity contribution in [3.8, 4) is 0 Å². The van der Waals surface area contributed by atoms with E-state index in [0.717, 1.165) is 84.1 Å². The Morgan fingerprint density at radius 1 is 0.441 bits per heavy atom. The van der Waals surface area contributed by atoms with Crippen LogP contribution in [0.25, 0.3) is 21.8 Å². The lowest BCUT2D eigenvalue weighted by Gasteiger charge is -2.22. The first-order chi connectivity index (χ1) is 16.7. The molecular weight excluding hydrogens is 422 g/mol. The van der Waals surface area contributed by atoms with Crippen LogP contribution in [0.1, 0.15) is 22.8 Å². The standard InChI is InChI=1S/C27H25N7/c1-2-22-14-31-10-12-33(18-31)16-24-8-6-20-4-5-21-7-9-25(30-27(21)26(20)29-24)17-34-13-11-32(19-34)15-23(3-1)28-22/h1-13H,14-19H2. The Hall–Kier alpha value is -4.13. The molecule has 168 valence electrons. The number of hydrogen-bond acceptors (Lipinski definition) is 7. The summed E-state index contributed by atoms with van der Waals surface area (Å²) in [6.45, 7) is 4.77. The zero-order valence-electron chi connectivity index (χ0n) is 18.9. The minimum atomic E-state index is 0.764. The lowest BCUT2D eigenvalue weighted by atomic mass is 10.1. The fraction of sp³-hybridized carbons (Fsp3) is 0.222. The third kappa shape index (κ3) is 3.59. The van der Waals surface area contributed by atoms with Gasteiger partial charge in [0.25, 0.3) is 0 Å². The van der Waals surface area contributed by atoms with Crippen molar-refractivity contribution in [2.24, 2.45) is 0 Å². The Morgan fingerprint density at radius 2 is 0.824 bits per heavy atom. The Balaban J connectivity index is 1.30. The van der Waals surface area contributed by atoms with Gasteiger partial charge in [-0.3, -0.25) is 4.98 Å². The van der Waals surface area contributed by atoms with E-state index in [1.54, 1.807) is 0 Å². The third-order valence-electron chi connectivity index (χ3n) is 6.66. The first-order valence-electron chi connectivity index (χ1n) is 11.7. The van der Waals surface area contributed by atoms with Crippen LogP contribution in [0.15, 0.2) is 79.4 Å². The molecule has 4 aromatic rings. The summed E-state index contributed by atoms with van der Waals surface area (Å²) in [7, 11) is 0. The molecule has 7 nitrogen and oxygen atoms in total. The number of hydrogen-bond donors (Lipinski definition) is 0. The van der Waals surface area contributed by atoms with Gasteiger partial charge in [-0.15, -0.1) is 0 Å². The quantitative estimate of drug-likeness (QED) is 0.378. The normalized spacial score (nSPS) is 17.4. The fourth-order valence-corrected chi connectivity index (χ4v) is 5.01. The highest BCUT2D eigenvalue weighted by Crippen LogP contribution is 2.25. The van der Waals surface area contributed by atoms with Gasteiger partial charge < -0.3 is 19.6 Å². The lowest BCUT2D eigenvalue weighted by molar-refractivity contribution is 0.247. The van der Waals surface area contributed by atoms with Gasteiger partial charge in [-0.1, -0.05) is 30.3 Å². The van der Waals surface area contributed by atoms with Crippen molar-refractivity contribution < 1.29 is 0 Å². The molecule has 0 saturated heterocycles. The van der Waals surface area contributed by atoms with Crippen LogP contribution in [-0.2, 0) is 26.2 Å². The number of nitrogens with zero attached hydrogens (tertiary/aromatic N) is 7. The van der Waals surface area contributed by atoms with Crippen LogP contribution in [0, 0.1) is 0 Å². The van der Waals surface area contributed by atoms with E-state index in [-0.39, 0.29) is 0 Å². The van der Waals surface area contributed by atoms with E-state index in [1.165, 1.54) is 0 Å². The Kier molecular flexibility index (Phi) is 4.40. The van der Waals surface area contributed by atoms with Crippen LogP contribution in [0.4, 0.5) is 0 Å². The highest BCUT2D eigenvalue weighted by Gasteiger charge is 2.18. The van der Waals surface area contributed by atoms with E-state index < -0.39 is 0 Å². The van der Waals surface area contributed by atoms with Gasteiger partial charge in [0, 0.05) is 35.6 Å². The van der Waals surface area contributed by atoms with Gasteiger partial charge >= 0.3 is 0 Å². The molecule has 34 heavy (non-hydrogen) atoms. The van der Waals surface area contributed by atoms with Crippen molar-refractivity contribution in [3.63, 3.8) is 0 Å². The molecule has 0 aliphatic carbocycles. The monoisotopic (exact) mass is 447 g/mol. The average molecular weight is 448 g/mol. The van der Waals surface area contributed by atoms with E-state index in [9.17, 15) is 0 Å². The summed E-state index contributed by atoms with van der Waals surface area (Å²) < 4.78 is 0. The zero-order valence-corrected chi connectivity index (χ0v) is 18.9. The molecule has 0 saturated carbocycles. The maximum Gasteiger partial charge on any atom is 0.0968 e. The van der Waals surface area contributed by atoms with Crippen molar-refractivity contribution in [2.75, 3.05) is 13.3 Å². The summed E-state index contributed by atoms with van der Waals surface area (Å²) in [4.78, 5) is 24.2. The topological polar surface area (TPSA) is 51.6 Å². The first-order valence-corrected chi connectivity index (χ1v) is 11.7. The molecule has 3 aromatic heterocycles. The maximum atomic E-state index is 5.06. The molecule has 7 rings (SSSR count). The molecule has 0 N–H and O–H groups in total. The van der Waals surface area contributed by atoms with E-state index >= 15 is 0 Å². The van der Waals surface area contributed by atoms with Gasteiger partial charge in [-0.05, 0) is 24.3 Å². The molecule has 0 radical (unpaired) electrons. The highest BCUT2D eigenvalue weighted by atomic mass is 15.3. The van der Waals surface area contributed by atoms with Gasteiger partial charge in [0.15, 0.2) is 0 Å². The number of pyridine rings is 3. The average Bonchev–Trinajstić information content (AvgIpc) is 3.48. The lowest BCUT2D eigenvalue weighted by Crippen LogP contribution is -2.26. The minimum Gasteiger partial charge on any atom is -0.353 e. The minimum absolute atomic E-state index is 0.764. The Labute approximate surface area is 198 Å². The summed E-state index contributed by atoms with van der Waals surface area (Å²) in [5.74, 6) is 0. The molecule has 0 fully saturated rings. The number of rotatable bonds is 0. The summed E-state index contributed by atoms with van der Waals surface area (Å²) in [5, 5.41) is 2.26. The molecule has 0 amide bonds. The van der Waals surface area contributed by atoms with Crippen LogP contribution in [-0.4, -0.2) is 47.9 Å². The Bertz CT molecular complexity index is 1350. The van der Waals surface area contributed by atoms with Gasteiger partial charge in [-0.25, -0.2) is 9.97 Å². The molecule has 1 aromatic carbocycles. The number of benzene rings is 1. The van der Waals surface area contributed by atoms with E-state index in [0.29, 0.717) is 0 Å². The number of fused-ring (bicyclic) bond motifs is 8. The second kappa shape index (κ2) is 7.73. The summed E-state index contributed by atoms with van der Waals surface area (Å²) in [6, 6.07) is 19.2. The molecule has 3 aliphatic heterocycles. The molecule has 0 spiro atoms. The Morgan fingerprint density at radius 3 is 1.26 bits per heavy atom. The molecular formula is C27H25N7. The van der Waals surface area contributed by atoms with E-state index in [1.807, 2.05) is 0 Å². The molecule has 7 heteroatoms. The molecule has 3 aliphatic rings. The van der Waals surface area contributed by atoms with Crippen LogP contribution in [0.5, 0.6) is 0 Å². The third-order valence-corrected chi connectivity index (χ3v) is 6.66. The second-order valence-corrected chi connectivity index (χ2v) is 9.30. The summed E-state index contributed by atoms with van der Waals surface area (Å²) >= 11 is 0. The highest BCUT2D eigenvalue weighted by molar-refractivity contribution is 6.02. The smallest absolute Gasteiger partial charge is 0.0968 e. The summed E-state index contributed by atoms with van der Waals surface area (Å²) in [5.41, 5.74) is 6.24. The van der Waals surface area contributed by atoms with Crippen molar-refractivity contribution in [3.05, 3.63) is 102 Å². The predicted molar refractivity (Wildman–Crippen MR) is 131 cm³/mol. The zero-order chi connectivity index (χ0) is 22.5. The summed E-state index contributed by atoms with van der Waals surface area (Å²) in [6.07, 6.45) is 8.60. The first kappa shape index (κ1) is 19.3. The van der Waals surface area contributed by atoms with Gasteiger partial charge in [-0.2, -0.15) is 0 Å². The van der Waals surface area contributed by atoms with Crippen LogP contribution in [0.3, 0.4) is 0 Å². The molecule has 10 bridgehead atoms. The van der Waals surface area contributed by atoms with E-state index in [2.05, 4.69) is 99.0 Å². The fourth-order valence-electron chi connectivity index (χ4n) is 5.01. The maximum absolute atomic E-state index is 5.06. The van der Waals surface area contributed by atoms with Crippen molar-refractivity contribution >= 4 is 21.8 Å². The van der Waals surface area contributed by atoms with Gasteiger partial charge in [0.05, 0.1) is 73.3 Å². The van der Waals surface area contributed by atoms with Gasteiger partial charge in [0.2, 0.25) is 0 Å². The van der Waals surface area contributed by atoms with Crippen LogP contribution >= 0.6 is 0 Å². The van der Waals surface area contributed by atoms with Gasteiger partial charge in [0.1, 0.15) is 0 Å². The van der Waals surface area contributed by atoms with E-state index in [4.69, 9.17) is 15.0 Å². The largest absolute Gasteiger partial charge is 0.353 e. The SMILES string of the molecule is C1=CN2Cc3ccc4ccc5ccc(nc5c4n3)CN3C=CN(Cc4cccc(n4)CN1C2)C3. The molecule has 0 atom stereocenters. The van der Waals surface area contributed by atoms with Crippen LogP contribution < -0.4 is 0 Å². The van der Waals surface area contributed by atoms with Crippen LogP contribution in [0.2, 0.25) is 0 Å². The molecule has 0 unspecified atom stereocenters. The van der Waals surface area contributed by atoms with Crippen molar-refractivity contribution in [2.45, 2.75) is 26.2 Å². The molecule has 6 heterocycles. The second-order valence-electron chi connectivity index (χ2n) is 9.30. The predicted octanol–water partition coefficient (Wildman–Crippen LogP) is 3.98.